The second kappa shape index (κ2) is 5.46. The van der Waals surface area contributed by atoms with Crippen molar-refractivity contribution in [1.82, 2.24) is 0 Å². The van der Waals surface area contributed by atoms with Gasteiger partial charge in [-0.25, -0.2) is 4.39 Å². The fourth-order valence-corrected chi connectivity index (χ4v) is 1.58. The summed E-state index contributed by atoms with van der Waals surface area (Å²) in [6, 6.07) is 2.16. The molecule has 0 heterocycles. The zero-order valence-corrected chi connectivity index (χ0v) is 10.3. The highest BCUT2D eigenvalue weighted by Gasteiger charge is 2.31. The van der Waals surface area contributed by atoms with Crippen molar-refractivity contribution in [2.75, 3.05) is 18.5 Å². The van der Waals surface area contributed by atoms with Gasteiger partial charge in [0.05, 0.1) is 17.2 Å². The summed E-state index contributed by atoms with van der Waals surface area (Å²) in [5.41, 5.74) is -1.14. The molecule has 0 amide bonds. The van der Waals surface area contributed by atoms with Gasteiger partial charge in [-0.2, -0.15) is 13.2 Å². The van der Waals surface area contributed by atoms with Crippen LogP contribution < -0.4 is 4.90 Å². The number of nitrogens with zero attached hydrogens (tertiary/aromatic N) is 1. The molecule has 3 nitrogen and oxygen atoms in total. The Morgan fingerprint density at radius 1 is 1.42 bits per heavy atom. The van der Waals surface area contributed by atoms with Crippen molar-refractivity contribution < 1.29 is 27.5 Å². The van der Waals surface area contributed by atoms with Crippen LogP contribution in [0, 0.1) is 11.7 Å². The van der Waals surface area contributed by atoms with E-state index in [1.54, 1.807) is 0 Å². The predicted octanol–water partition coefficient (Wildman–Crippen LogP) is 3.00. The molecule has 0 saturated carbocycles. The number of carboxylic acids is 1. The van der Waals surface area contributed by atoms with Crippen LogP contribution in [0.2, 0.25) is 0 Å². The van der Waals surface area contributed by atoms with Crippen LogP contribution in [0.1, 0.15) is 12.5 Å². The molecule has 1 N–H and O–H groups in total. The maximum absolute atomic E-state index is 13.6. The Kier molecular flexibility index (Phi) is 4.39. The average Bonchev–Trinajstić information content (AvgIpc) is 2.27. The fourth-order valence-electron chi connectivity index (χ4n) is 1.58. The molecule has 0 aromatic heterocycles. The molecular formula is C12H13F4NO2. The lowest BCUT2D eigenvalue weighted by Gasteiger charge is -2.22. The Labute approximate surface area is 107 Å². The first-order chi connectivity index (χ1) is 8.62. The van der Waals surface area contributed by atoms with Gasteiger partial charge in [-0.1, -0.05) is 6.92 Å². The van der Waals surface area contributed by atoms with Gasteiger partial charge in [0.1, 0.15) is 5.82 Å². The van der Waals surface area contributed by atoms with E-state index in [0.29, 0.717) is 6.07 Å². The smallest absolute Gasteiger partial charge is 0.416 e. The van der Waals surface area contributed by atoms with Crippen LogP contribution in [-0.4, -0.2) is 24.7 Å². The first-order valence-electron chi connectivity index (χ1n) is 5.43. The minimum atomic E-state index is -4.60. The Morgan fingerprint density at radius 3 is 2.42 bits per heavy atom. The van der Waals surface area contributed by atoms with Gasteiger partial charge in [0.15, 0.2) is 0 Å². The molecule has 0 saturated heterocycles. The molecule has 1 unspecified atom stereocenters. The van der Waals surface area contributed by atoms with Crippen LogP contribution in [0.25, 0.3) is 0 Å². The van der Waals surface area contributed by atoms with Gasteiger partial charge in [0.25, 0.3) is 0 Å². The molecule has 19 heavy (non-hydrogen) atoms. The van der Waals surface area contributed by atoms with Gasteiger partial charge in [-0.05, 0) is 18.2 Å². The number of alkyl halides is 3. The highest BCUT2D eigenvalue weighted by atomic mass is 19.4. The van der Waals surface area contributed by atoms with Crippen LogP contribution >= 0.6 is 0 Å². The quantitative estimate of drug-likeness (QED) is 0.861. The molecule has 0 bridgehead atoms. The van der Waals surface area contributed by atoms with E-state index < -0.39 is 29.4 Å². The van der Waals surface area contributed by atoms with E-state index >= 15 is 0 Å². The second-order valence-electron chi connectivity index (χ2n) is 4.28. The Balaban J connectivity index is 2.94. The summed E-state index contributed by atoms with van der Waals surface area (Å²) < 4.78 is 50.7. The zero-order chi connectivity index (χ0) is 14.8. The van der Waals surface area contributed by atoms with Crippen molar-refractivity contribution in [3.63, 3.8) is 0 Å². The second-order valence-corrected chi connectivity index (χ2v) is 4.28. The summed E-state index contributed by atoms with van der Waals surface area (Å²) in [6.45, 7) is 1.43. The largest absolute Gasteiger partial charge is 0.481 e. The predicted molar refractivity (Wildman–Crippen MR) is 61.5 cm³/mol. The third-order valence-corrected chi connectivity index (χ3v) is 2.66. The normalized spacial score (nSPS) is 13.2. The highest BCUT2D eigenvalue weighted by Crippen LogP contribution is 2.32. The number of carboxylic acid groups (broad SMARTS) is 1. The standard InChI is InChI=1S/C12H13F4NO2/c1-7(11(18)19)6-17(2)10-4-3-8(5-9(10)13)12(14,15)16/h3-5,7H,6H2,1-2H3,(H,18,19). The third kappa shape index (κ3) is 3.84. The van der Waals surface area contributed by atoms with Gasteiger partial charge in [-0.15, -0.1) is 0 Å². The summed E-state index contributed by atoms with van der Waals surface area (Å²) >= 11 is 0. The highest BCUT2D eigenvalue weighted by molar-refractivity contribution is 5.70. The van der Waals surface area contributed by atoms with E-state index in [4.69, 9.17) is 5.11 Å². The molecule has 106 valence electrons. The van der Waals surface area contributed by atoms with Gasteiger partial charge >= 0.3 is 12.1 Å². The minimum Gasteiger partial charge on any atom is -0.481 e. The molecule has 1 rings (SSSR count). The first-order valence-corrected chi connectivity index (χ1v) is 5.43. The van der Waals surface area contributed by atoms with Crippen molar-refractivity contribution in [1.29, 1.82) is 0 Å². The van der Waals surface area contributed by atoms with Crippen LogP contribution in [0.5, 0.6) is 0 Å². The lowest BCUT2D eigenvalue weighted by atomic mass is 10.1. The SMILES string of the molecule is CC(CN(C)c1ccc(C(F)(F)F)cc1F)C(=O)O. The van der Waals surface area contributed by atoms with E-state index in [-0.39, 0.29) is 12.2 Å². The van der Waals surface area contributed by atoms with E-state index in [9.17, 15) is 22.4 Å². The van der Waals surface area contributed by atoms with Crippen LogP contribution in [0.3, 0.4) is 0 Å². The minimum absolute atomic E-state index is 0.00236. The number of benzene rings is 1. The van der Waals surface area contributed by atoms with Crippen molar-refractivity contribution in [2.45, 2.75) is 13.1 Å². The zero-order valence-electron chi connectivity index (χ0n) is 10.3. The number of hydrogen-bond acceptors (Lipinski definition) is 2. The van der Waals surface area contributed by atoms with Gasteiger partial charge < -0.3 is 10.0 Å². The van der Waals surface area contributed by atoms with E-state index in [2.05, 4.69) is 0 Å². The number of rotatable bonds is 4. The first kappa shape index (κ1) is 15.3. The molecule has 0 aliphatic carbocycles. The molecule has 0 aliphatic heterocycles. The number of halogens is 4. The number of carbonyl (C=O) groups is 1. The Morgan fingerprint density at radius 2 is 2.00 bits per heavy atom. The summed E-state index contributed by atoms with van der Waals surface area (Å²) in [6.07, 6.45) is -4.60. The lowest BCUT2D eigenvalue weighted by molar-refractivity contribution is -0.140. The fraction of sp³-hybridized carbons (Fsp3) is 0.417. The van der Waals surface area contributed by atoms with E-state index in [1.165, 1.54) is 18.9 Å². The summed E-state index contributed by atoms with van der Waals surface area (Å²) in [7, 11) is 1.42. The van der Waals surface area contributed by atoms with Crippen molar-refractivity contribution >= 4 is 11.7 Å². The monoisotopic (exact) mass is 279 g/mol. The molecule has 0 fully saturated rings. The van der Waals surface area contributed by atoms with Gasteiger partial charge in [0.2, 0.25) is 0 Å². The Bertz CT molecular complexity index is 473. The van der Waals surface area contributed by atoms with Crippen molar-refractivity contribution in [2.24, 2.45) is 5.92 Å². The Hall–Kier alpha value is -1.79. The molecule has 0 spiro atoms. The number of aliphatic carboxylic acids is 1. The summed E-state index contributed by atoms with van der Waals surface area (Å²) in [5.74, 6) is -2.85. The van der Waals surface area contributed by atoms with Gasteiger partial charge in [0, 0.05) is 13.6 Å². The van der Waals surface area contributed by atoms with Crippen LogP contribution in [-0.2, 0) is 11.0 Å². The summed E-state index contributed by atoms with van der Waals surface area (Å²) in [4.78, 5) is 11.9. The average molecular weight is 279 g/mol. The van der Waals surface area contributed by atoms with E-state index in [0.717, 1.165) is 12.1 Å². The van der Waals surface area contributed by atoms with Crippen LogP contribution in [0.15, 0.2) is 18.2 Å². The van der Waals surface area contributed by atoms with Crippen molar-refractivity contribution in [3.8, 4) is 0 Å². The summed E-state index contributed by atoms with van der Waals surface area (Å²) in [5, 5.41) is 8.73. The van der Waals surface area contributed by atoms with Gasteiger partial charge in [-0.3, -0.25) is 4.79 Å². The number of anilines is 1. The lowest BCUT2D eigenvalue weighted by Crippen LogP contribution is -2.29. The van der Waals surface area contributed by atoms with Crippen molar-refractivity contribution in [3.05, 3.63) is 29.6 Å². The van der Waals surface area contributed by atoms with E-state index in [1.807, 2.05) is 0 Å². The third-order valence-electron chi connectivity index (χ3n) is 2.66. The number of hydrogen-bond donors (Lipinski definition) is 1. The van der Waals surface area contributed by atoms with Crippen LogP contribution in [0.4, 0.5) is 23.2 Å². The molecular weight excluding hydrogens is 266 g/mol. The molecule has 1 atom stereocenters. The topological polar surface area (TPSA) is 40.5 Å². The molecule has 0 radical (unpaired) electrons. The molecule has 0 aliphatic rings. The molecule has 1 aromatic carbocycles. The molecule has 1 aromatic rings. The molecule has 7 heteroatoms. The maximum Gasteiger partial charge on any atom is 0.416 e. The maximum atomic E-state index is 13.6.